The monoisotopic (exact) mass is 195 g/mol. The molecule has 1 aromatic rings. The Morgan fingerprint density at radius 2 is 1.64 bits per heavy atom. The molecular weight excluding hydrogens is 178 g/mol. The van der Waals surface area contributed by atoms with Crippen LogP contribution >= 0.6 is 0 Å². The van der Waals surface area contributed by atoms with E-state index < -0.39 is 0 Å². The molecule has 3 heteroatoms. The highest BCUT2D eigenvalue weighted by molar-refractivity contribution is 5.38. The number of ether oxygens (including phenoxy) is 2. The van der Waals surface area contributed by atoms with Gasteiger partial charge in [0.05, 0.1) is 14.2 Å². The van der Waals surface area contributed by atoms with Crippen molar-refractivity contribution in [1.29, 1.82) is 0 Å². The van der Waals surface area contributed by atoms with Gasteiger partial charge in [0.1, 0.15) is 11.5 Å². The summed E-state index contributed by atoms with van der Waals surface area (Å²) < 4.78 is 10.3. The van der Waals surface area contributed by atoms with Crippen LogP contribution in [-0.4, -0.2) is 20.3 Å². The number of hydrogen-bond donors (Lipinski definition) is 1. The average molecular weight is 195 g/mol. The predicted molar refractivity (Wildman–Crippen MR) is 56.9 cm³/mol. The van der Waals surface area contributed by atoms with Crippen LogP contribution in [0.2, 0.25) is 0 Å². The molecule has 0 amide bonds. The molecule has 0 aliphatic carbocycles. The van der Waals surface area contributed by atoms with Crippen molar-refractivity contribution in [1.82, 2.24) is 0 Å². The van der Waals surface area contributed by atoms with Crippen LogP contribution in [0, 0.1) is 0 Å². The van der Waals surface area contributed by atoms with E-state index in [0.717, 1.165) is 23.5 Å². The number of nitrogens with two attached hydrogens (primary N) is 1. The van der Waals surface area contributed by atoms with Crippen LogP contribution in [0.1, 0.15) is 12.5 Å². The molecule has 1 rings (SSSR count). The van der Waals surface area contributed by atoms with Gasteiger partial charge in [0.15, 0.2) is 0 Å². The Morgan fingerprint density at radius 1 is 1.14 bits per heavy atom. The zero-order valence-corrected chi connectivity index (χ0v) is 8.91. The fourth-order valence-corrected chi connectivity index (χ4v) is 1.36. The minimum Gasteiger partial charge on any atom is -0.497 e. The van der Waals surface area contributed by atoms with Crippen molar-refractivity contribution in [2.75, 3.05) is 14.2 Å². The summed E-state index contributed by atoms with van der Waals surface area (Å²) in [4.78, 5) is 0. The van der Waals surface area contributed by atoms with Gasteiger partial charge in [0, 0.05) is 12.1 Å². The lowest BCUT2D eigenvalue weighted by molar-refractivity contribution is 0.393. The Morgan fingerprint density at radius 3 is 2.00 bits per heavy atom. The van der Waals surface area contributed by atoms with Crippen molar-refractivity contribution in [3.8, 4) is 11.5 Å². The Bertz CT molecular complexity index is 275. The van der Waals surface area contributed by atoms with E-state index in [2.05, 4.69) is 0 Å². The SMILES string of the molecule is COc1cc(C[C@H](C)N)cc(OC)c1. The fraction of sp³-hybridized carbons (Fsp3) is 0.455. The molecule has 0 radical (unpaired) electrons. The van der Waals surface area contributed by atoms with Crippen molar-refractivity contribution in [3.63, 3.8) is 0 Å². The molecule has 0 spiro atoms. The number of benzene rings is 1. The Balaban J connectivity index is 2.92. The number of rotatable bonds is 4. The quantitative estimate of drug-likeness (QED) is 0.793. The molecule has 0 aliphatic heterocycles. The van der Waals surface area contributed by atoms with Crippen LogP contribution in [0.5, 0.6) is 11.5 Å². The van der Waals surface area contributed by atoms with E-state index in [-0.39, 0.29) is 6.04 Å². The second-order valence-corrected chi connectivity index (χ2v) is 3.40. The highest BCUT2D eigenvalue weighted by atomic mass is 16.5. The van der Waals surface area contributed by atoms with Gasteiger partial charge < -0.3 is 15.2 Å². The summed E-state index contributed by atoms with van der Waals surface area (Å²) in [5, 5.41) is 0. The molecule has 0 heterocycles. The molecule has 78 valence electrons. The maximum absolute atomic E-state index is 5.73. The summed E-state index contributed by atoms with van der Waals surface area (Å²) in [6, 6.07) is 5.95. The summed E-state index contributed by atoms with van der Waals surface area (Å²) in [6.45, 7) is 1.98. The highest BCUT2D eigenvalue weighted by Crippen LogP contribution is 2.22. The lowest BCUT2D eigenvalue weighted by Crippen LogP contribution is -2.17. The second kappa shape index (κ2) is 4.86. The van der Waals surface area contributed by atoms with Crippen LogP contribution in [-0.2, 0) is 6.42 Å². The number of methoxy groups -OCH3 is 2. The summed E-state index contributed by atoms with van der Waals surface area (Å²) in [6.07, 6.45) is 0.827. The van der Waals surface area contributed by atoms with Gasteiger partial charge in [0.25, 0.3) is 0 Å². The topological polar surface area (TPSA) is 44.5 Å². The van der Waals surface area contributed by atoms with Gasteiger partial charge in [0.2, 0.25) is 0 Å². The standard InChI is InChI=1S/C11H17NO2/c1-8(12)4-9-5-10(13-2)7-11(6-9)14-3/h5-8H,4,12H2,1-3H3/t8-/m0/s1. The van der Waals surface area contributed by atoms with Crippen LogP contribution < -0.4 is 15.2 Å². The molecule has 2 N–H and O–H groups in total. The largest absolute Gasteiger partial charge is 0.497 e. The van der Waals surface area contributed by atoms with E-state index in [1.807, 2.05) is 25.1 Å². The minimum atomic E-state index is 0.145. The molecule has 14 heavy (non-hydrogen) atoms. The van der Waals surface area contributed by atoms with Crippen LogP contribution in [0.3, 0.4) is 0 Å². The summed E-state index contributed by atoms with van der Waals surface area (Å²) in [5.74, 6) is 1.61. The fourth-order valence-electron chi connectivity index (χ4n) is 1.36. The molecule has 0 bridgehead atoms. The van der Waals surface area contributed by atoms with Gasteiger partial charge in [-0.1, -0.05) is 0 Å². The Labute approximate surface area is 84.8 Å². The van der Waals surface area contributed by atoms with Gasteiger partial charge in [-0.25, -0.2) is 0 Å². The summed E-state index contributed by atoms with van der Waals surface area (Å²) in [5.41, 5.74) is 6.86. The van der Waals surface area contributed by atoms with E-state index in [1.54, 1.807) is 14.2 Å². The smallest absolute Gasteiger partial charge is 0.122 e. The maximum Gasteiger partial charge on any atom is 0.122 e. The first-order valence-electron chi connectivity index (χ1n) is 4.63. The van der Waals surface area contributed by atoms with Gasteiger partial charge in [-0.05, 0) is 31.0 Å². The zero-order valence-electron chi connectivity index (χ0n) is 8.91. The molecule has 0 unspecified atom stereocenters. The molecule has 1 aromatic carbocycles. The second-order valence-electron chi connectivity index (χ2n) is 3.40. The highest BCUT2D eigenvalue weighted by Gasteiger charge is 2.03. The van der Waals surface area contributed by atoms with E-state index in [9.17, 15) is 0 Å². The molecule has 3 nitrogen and oxygen atoms in total. The first-order valence-corrected chi connectivity index (χ1v) is 4.63. The first-order chi connectivity index (χ1) is 6.65. The van der Waals surface area contributed by atoms with Crippen molar-refractivity contribution < 1.29 is 9.47 Å². The third-order valence-electron chi connectivity index (χ3n) is 1.97. The molecule has 0 saturated heterocycles. The van der Waals surface area contributed by atoms with Crippen molar-refractivity contribution in [2.24, 2.45) is 5.73 Å². The first kappa shape index (κ1) is 10.9. The molecule has 1 atom stereocenters. The van der Waals surface area contributed by atoms with Crippen LogP contribution in [0.4, 0.5) is 0 Å². The summed E-state index contributed by atoms with van der Waals surface area (Å²) in [7, 11) is 3.29. The van der Waals surface area contributed by atoms with Crippen LogP contribution in [0.25, 0.3) is 0 Å². The van der Waals surface area contributed by atoms with Gasteiger partial charge in [-0.2, -0.15) is 0 Å². The van der Waals surface area contributed by atoms with Crippen molar-refractivity contribution in [2.45, 2.75) is 19.4 Å². The Hall–Kier alpha value is -1.22. The summed E-state index contributed by atoms with van der Waals surface area (Å²) >= 11 is 0. The van der Waals surface area contributed by atoms with E-state index in [0.29, 0.717) is 0 Å². The van der Waals surface area contributed by atoms with Crippen molar-refractivity contribution in [3.05, 3.63) is 23.8 Å². The predicted octanol–water partition coefficient (Wildman–Crippen LogP) is 1.59. The molecule has 0 fully saturated rings. The van der Waals surface area contributed by atoms with Gasteiger partial charge in [-0.3, -0.25) is 0 Å². The average Bonchev–Trinajstić information content (AvgIpc) is 2.16. The van der Waals surface area contributed by atoms with E-state index in [4.69, 9.17) is 15.2 Å². The minimum absolute atomic E-state index is 0.145. The molecule has 0 aliphatic rings. The van der Waals surface area contributed by atoms with E-state index in [1.165, 1.54) is 0 Å². The third-order valence-corrected chi connectivity index (χ3v) is 1.97. The van der Waals surface area contributed by atoms with Gasteiger partial charge >= 0.3 is 0 Å². The van der Waals surface area contributed by atoms with Gasteiger partial charge in [-0.15, -0.1) is 0 Å². The van der Waals surface area contributed by atoms with Crippen molar-refractivity contribution >= 4 is 0 Å². The number of hydrogen-bond acceptors (Lipinski definition) is 3. The molecule has 0 aromatic heterocycles. The lowest BCUT2D eigenvalue weighted by Gasteiger charge is -2.09. The molecular formula is C11H17NO2. The maximum atomic E-state index is 5.73. The molecule has 0 saturated carbocycles. The third kappa shape index (κ3) is 2.92. The Kier molecular flexibility index (Phi) is 3.77. The zero-order chi connectivity index (χ0) is 10.6. The lowest BCUT2D eigenvalue weighted by atomic mass is 10.1. The van der Waals surface area contributed by atoms with E-state index >= 15 is 0 Å². The normalized spacial score (nSPS) is 12.3. The van der Waals surface area contributed by atoms with Crippen LogP contribution in [0.15, 0.2) is 18.2 Å².